The number of carbonyl (C=O) groups is 1. The Kier molecular flexibility index (Phi) is 5.54. The van der Waals surface area contributed by atoms with Gasteiger partial charge in [0.2, 0.25) is 15.9 Å². The van der Waals surface area contributed by atoms with E-state index >= 15 is 0 Å². The fourth-order valence-corrected chi connectivity index (χ4v) is 5.47. The number of piperidine rings is 1. The zero-order valence-corrected chi connectivity index (χ0v) is 17.2. The molecule has 1 atom stereocenters. The first kappa shape index (κ1) is 19.8. The number of halogens is 1. The van der Waals surface area contributed by atoms with E-state index in [9.17, 15) is 13.2 Å². The second kappa shape index (κ2) is 8.10. The monoisotopic (exact) mass is 429 g/mol. The number of amides is 1. The van der Waals surface area contributed by atoms with Gasteiger partial charge >= 0.3 is 0 Å². The van der Waals surface area contributed by atoms with Gasteiger partial charge in [-0.1, -0.05) is 41.9 Å². The van der Waals surface area contributed by atoms with Gasteiger partial charge in [0.05, 0.1) is 22.1 Å². The quantitative estimate of drug-likeness (QED) is 0.681. The Morgan fingerprint density at radius 3 is 2.72 bits per heavy atom. The number of aromatic nitrogens is 1. The van der Waals surface area contributed by atoms with Crippen LogP contribution in [0.1, 0.15) is 12.8 Å². The van der Waals surface area contributed by atoms with Crippen molar-refractivity contribution < 1.29 is 13.2 Å². The molecule has 0 saturated carbocycles. The average molecular weight is 430 g/mol. The average Bonchev–Trinajstić information content (AvgIpc) is 2.75. The highest BCUT2D eigenvalue weighted by Crippen LogP contribution is 2.29. The molecule has 2 heterocycles. The highest BCUT2D eigenvalue weighted by Gasteiger charge is 2.34. The highest BCUT2D eigenvalue weighted by molar-refractivity contribution is 7.89. The van der Waals surface area contributed by atoms with Crippen molar-refractivity contribution in [1.82, 2.24) is 9.29 Å². The molecule has 8 heteroatoms. The van der Waals surface area contributed by atoms with Gasteiger partial charge in [-0.15, -0.1) is 0 Å². The van der Waals surface area contributed by atoms with Crippen molar-refractivity contribution in [2.75, 3.05) is 18.4 Å². The van der Waals surface area contributed by atoms with Gasteiger partial charge in [0.25, 0.3) is 0 Å². The molecule has 3 aromatic rings. The van der Waals surface area contributed by atoms with Crippen molar-refractivity contribution >= 4 is 44.1 Å². The highest BCUT2D eigenvalue weighted by atomic mass is 35.5. The minimum Gasteiger partial charge on any atom is -0.324 e. The molecule has 2 aromatic carbocycles. The summed E-state index contributed by atoms with van der Waals surface area (Å²) in [4.78, 5) is 17.2. The summed E-state index contributed by atoms with van der Waals surface area (Å²) in [6.07, 6.45) is 2.81. The number of sulfonamides is 1. The second-order valence-corrected chi connectivity index (χ2v) is 9.32. The van der Waals surface area contributed by atoms with Crippen LogP contribution in [0.2, 0.25) is 5.02 Å². The molecule has 1 aromatic heterocycles. The molecule has 0 bridgehead atoms. The van der Waals surface area contributed by atoms with Crippen molar-refractivity contribution in [3.63, 3.8) is 0 Å². The van der Waals surface area contributed by atoms with Crippen LogP contribution in [0.4, 0.5) is 5.69 Å². The summed E-state index contributed by atoms with van der Waals surface area (Å²) in [5, 5.41) is 4.03. The number of nitrogens with one attached hydrogen (secondary N) is 1. The zero-order valence-electron chi connectivity index (χ0n) is 15.6. The normalized spacial score (nSPS) is 17.9. The van der Waals surface area contributed by atoms with E-state index in [-0.39, 0.29) is 17.3 Å². The molecule has 0 radical (unpaired) electrons. The standard InChI is InChI=1S/C21H20ClN3O3S/c22-17-9-1-2-10-18(17)24-21(26)16-8-5-13-25(14-16)29(27,28)19-11-3-6-15-7-4-12-23-20(15)19/h1-4,6-7,9-12,16H,5,8,13-14H2,(H,24,26)/t16-/m1/s1. The number of benzene rings is 2. The number of para-hydroxylation sites is 2. The van der Waals surface area contributed by atoms with Crippen molar-refractivity contribution in [2.24, 2.45) is 5.92 Å². The molecule has 0 aliphatic carbocycles. The van der Waals surface area contributed by atoms with Crippen LogP contribution >= 0.6 is 11.6 Å². The first-order valence-corrected chi connectivity index (χ1v) is 11.2. The minimum absolute atomic E-state index is 0.127. The Morgan fingerprint density at radius 1 is 1.10 bits per heavy atom. The van der Waals surface area contributed by atoms with Crippen LogP contribution in [0.5, 0.6) is 0 Å². The Morgan fingerprint density at radius 2 is 1.90 bits per heavy atom. The van der Waals surface area contributed by atoms with E-state index in [1.807, 2.05) is 12.1 Å². The maximum Gasteiger partial charge on any atom is 0.245 e. The fraction of sp³-hybridized carbons (Fsp3) is 0.238. The van der Waals surface area contributed by atoms with Gasteiger partial charge in [-0.3, -0.25) is 9.78 Å². The lowest BCUT2D eigenvalue weighted by Gasteiger charge is -2.31. The maximum atomic E-state index is 13.3. The van der Waals surface area contributed by atoms with Gasteiger partial charge in [0.15, 0.2) is 0 Å². The summed E-state index contributed by atoms with van der Waals surface area (Å²) in [6, 6.07) is 15.7. The van der Waals surface area contributed by atoms with Crippen LogP contribution in [-0.2, 0) is 14.8 Å². The number of nitrogens with zero attached hydrogens (tertiary/aromatic N) is 2. The minimum atomic E-state index is -3.77. The Labute approximate surface area is 174 Å². The summed E-state index contributed by atoms with van der Waals surface area (Å²) in [5.74, 6) is -0.674. The smallest absolute Gasteiger partial charge is 0.245 e. The number of hydrogen-bond acceptors (Lipinski definition) is 4. The van der Waals surface area contributed by atoms with E-state index in [1.54, 1.807) is 48.7 Å². The topological polar surface area (TPSA) is 79.4 Å². The van der Waals surface area contributed by atoms with Crippen molar-refractivity contribution in [3.8, 4) is 0 Å². The summed E-state index contributed by atoms with van der Waals surface area (Å²) < 4.78 is 28.0. The molecular weight excluding hydrogens is 410 g/mol. The number of carbonyl (C=O) groups excluding carboxylic acids is 1. The lowest BCUT2D eigenvalue weighted by molar-refractivity contribution is -0.120. The lowest BCUT2D eigenvalue weighted by atomic mass is 9.99. The van der Waals surface area contributed by atoms with Gasteiger partial charge in [-0.05, 0) is 37.1 Å². The Balaban J connectivity index is 1.57. The predicted octanol–water partition coefficient (Wildman–Crippen LogP) is 3.93. The molecule has 1 saturated heterocycles. The third-order valence-corrected chi connectivity index (χ3v) is 7.33. The molecule has 0 spiro atoms. The molecule has 150 valence electrons. The van der Waals surface area contributed by atoms with E-state index in [1.165, 1.54) is 4.31 Å². The van der Waals surface area contributed by atoms with Crippen molar-refractivity contribution in [1.29, 1.82) is 0 Å². The number of fused-ring (bicyclic) bond motifs is 1. The molecule has 29 heavy (non-hydrogen) atoms. The van der Waals surface area contributed by atoms with Crippen LogP contribution in [0.3, 0.4) is 0 Å². The van der Waals surface area contributed by atoms with E-state index in [0.29, 0.717) is 35.6 Å². The largest absolute Gasteiger partial charge is 0.324 e. The van der Waals surface area contributed by atoms with E-state index in [4.69, 9.17) is 11.6 Å². The van der Waals surface area contributed by atoms with Crippen LogP contribution in [0.25, 0.3) is 10.9 Å². The van der Waals surface area contributed by atoms with E-state index in [0.717, 1.165) is 5.39 Å². The van der Waals surface area contributed by atoms with Crippen LogP contribution in [0.15, 0.2) is 65.7 Å². The number of rotatable bonds is 4. The Bertz CT molecular complexity index is 1160. The third-order valence-electron chi connectivity index (χ3n) is 5.10. The zero-order chi connectivity index (χ0) is 20.4. The molecule has 1 aliphatic rings. The SMILES string of the molecule is O=C(Nc1ccccc1Cl)[C@@H]1CCCN(S(=O)(=O)c2cccc3cccnc23)C1. The van der Waals surface area contributed by atoms with Gasteiger partial charge in [-0.2, -0.15) is 4.31 Å². The number of hydrogen-bond donors (Lipinski definition) is 1. The Hall–Kier alpha value is -2.48. The number of anilines is 1. The first-order valence-electron chi connectivity index (χ1n) is 9.36. The molecule has 4 rings (SSSR count). The van der Waals surface area contributed by atoms with E-state index < -0.39 is 15.9 Å². The molecular formula is C21H20ClN3O3S. The molecule has 1 fully saturated rings. The number of pyridine rings is 1. The van der Waals surface area contributed by atoms with Gasteiger partial charge < -0.3 is 5.32 Å². The van der Waals surface area contributed by atoms with E-state index in [2.05, 4.69) is 10.3 Å². The predicted molar refractivity (Wildman–Crippen MR) is 113 cm³/mol. The van der Waals surface area contributed by atoms with Gasteiger partial charge in [0, 0.05) is 24.7 Å². The fourth-order valence-electron chi connectivity index (χ4n) is 3.60. The molecule has 0 unspecified atom stereocenters. The summed E-state index contributed by atoms with van der Waals surface area (Å²) in [7, 11) is -3.77. The summed E-state index contributed by atoms with van der Waals surface area (Å²) in [6.45, 7) is 0.503. The maximum absolute atomic E-state index is 13.3. The first-order chi connectivity index (χ1) is 14.0. The second-order valence-electron chi connectivity index (χ2n) is 7.00. The van der Waals surface area contributed by atoms with Crippen molar-refractivity contribution in [3.05, 3.63) is 65.8 Å². The van der Waals surface area contributed by atoms with Gasteiger partial charge in [0.1, 0.15) is 4.90 Å². The van der Waals surface area contributed by atoms with Crippen LogP contribution in [0, 0.1) is 5.92 Å². The van der Waals surface area contributed by atoms with Gasteiger partial charge in [-0.25, -0.2) is 8.42 Å². The molecule has 1 N–H and O–H groups in total. The van der Waals surface area contributed by atoms with Crippen LogP contribution < -0.4 is 5.32 Å². The molecule has 1 amide bonds. The molecule has 6 nitrogen and oxygen atoms in total. The summed E-state index contributed by atoms with van der Waals surface area (Å²) in [5.41, 5.74) is 0.968. The summed E-state index contributed by atoms with van der Waals surface area (Å²) >= 11 is 6.12. The van der Waals surface area contributed by atoms with Crippen molar-refractivity contribution in [2.45, 2.75) is 17.7 Å². The third kappa shape index (κ3) is 3.99. The van der Waals surface area contributed by atoms with Crippen LogP contribution in [-0.4, -0.2) is 36.7 Å². The lowest BCUT2D eigenvalue weighted by Crippen LogP contribution is -2.43. The molecule has 1 aliphatic heterocycles.